The number of rotatable bonds is 3. The molecule has 1 heterocycles. The minimum absolute atomic E-state index is 0.0281. The summed E-state index contributed by atoms with van der Waals surface area (Å²) in [4.78, 5) is 22.5. The predicted molar refractivity (Wildman–Crippen MR) is 90.2 cm³/mol. The molecule has 0 saturated carbocycles. The van der Waals surface area contributed by atoms with Gasteiger partial charge in [0.15, 0.2) is 0 Å². The lowest BCUT2D eigenvalue weighted by atomic mass is 9.76. The van der Waals surface area contributed by atoms with Crippen LogP contribution in [0.4, 0.5) is 11.4 Å². The average molecular weight is 335 g/mol. The third-order valence-electron chi connectivity index (χ3n) is 5.09. The largest absolute Gasteiger partial charge is 0.545 e. The summed E-state index contributed by atoms with van der Waals surface area (Å²) in [5.41, 5.74) is 2.10. The van der Waals surface area contributed by atoms with E-state index in [1.165, 1.54) is 12.1 Å². The van der Waals surface area contributed by atoms with Gasteiger partial charge in [-0.2, -0.15) is 0 Å². The Morgan fingerprint density at radius 1 is 1.12 bits per heavy atom. The lowest BCUT2D eigenvalue weighted by Crippen LogP contribution is -2.32. The average Bonchev–Trinajstić information content (AvgIpc) is 3.10. The highest BCUT2D eigenvalue weighted by molar-refractivity contribution is 5.94. The van der Waals surface area contributed by atoms with Gasteiger partial charge >= 0.3 is 0 Å². The Morgan fingerprint density at radius 3 is 2.64 bits per heavy atom. The van der Waals surface area contributed by atoms with Crippen LogP contribution in [0.5, 0.6) is 0 Å². The highest BCUT2D eigenvalue weighted by atomic mass is 16.6. The fraction of sp³-hybridized carbons (Fsp3) is 0.211. The minimum atomic E-state index is -1.26. The SMILES string of the molecule is O=C([O-])c1cccc2c1N[C@H](c1ccccc1[N+](=O)[O-])[C@H]1CC=C[C@@H]21. The summed E-state index contributed by atoms with van der Waals surface area (Å²) >= 11 is 0. The first-order valence-corrected chi connectivity index (χ1v) is 8.08. The number of carboxylic acid groups (broad SMARTS) is 1. The second-order valence-electron chi connectivity index (χ2n) is 6.35. The molecule has 0 saturated heterocycles. The normalized spacial score (nSPS) is 23.4. The Morgan fingerprint density at radius 2 is 1.88 bits per heavy atom. The Labute approximate surface area is 144 Å². The van der Waals surface area contributed by atoms with E-state index >= 15 is 0 Å². The van der Waals surface area contributed by atoms with Crippen molar-refractivity contribution in [3.8, 4) is 0 Å². The molecule has 0 radical (unpaired) electrons. The van der Waals surface area contributed by atoms with Crippen LogP contribution >= 0.6 is 0 Å². The second-order valence-corrected chi connectivity index (χ2v) is 6.35. The number of fused-ring (bicyclic) bond motifs is 3. The van der Waals surface area contributed by atoms with Gasteiger partial charge in [-0.15, -0.1) is 0 Å². The number of carbonyl (C=O) groups excluding carboxylic acids is 1. The number of nitrogens with one attached hydrogen (secondary N) is 1. The molecule has 6 nitrogen and oxygen atoms in total. The molecule has 2 aromatic rings. The summed E-state index contributed by atoms with van der Waals surface area (Å²) in [5.74, 6) is -1.13. The van der Waals surface area contributed by atoms with Gasteiger partial charge in [-0.1, -0.05) is 48.6 Å². The maximum atomic E-state index is 11.5. The summed E-state index contributed by atoms with van der Waals surface area (Å²) in [7, 11) is 0. The van der Waals surface area contributed by atoms with Gasteiger partial charge in [-0.05, 0) is 17.9 Å². The predicted octanol–water partition coefficient (Wildman–Crippen LogP) is 2.78. The molecule has 0 amide bonds. The van der Waals surface area contributed by atoms with Gasteiger partial charge in [0.2, 0.25) is 0 Å². The first kappa shape index (κ1) is 15.4. The minimum Gasteiger partial charge on any atom is -0.545 e. The van der Waals surface area contributed by atoms with Crippen LogP contribution in [-0.4, -0.2) is 10.9 Å². The van der Waals surface area contributed by atoms with Crippen LogP contribution in [0, 0.1) is 16.0 Å². The molecular weight excluding hydrogens is 320 g/mol. The zero-order valence-electron chi connectivity index (χ0n) is 13.2. The number of hydrogen-bond acceptors (Lipinski definition) is 5. The third kappa shape index (κ3) is 2.38. The summed E-state index contributed by atoms with van der Waals surface area (Å²) in [6.07, 6.45) is 4.90. The third-order valence-corrected chi connectivity index (χ3v) is 5.09. The van der Waals surface area contributed by atoms with Crippen molar-refractivity contribution in [2.45, 2.75) is 18.4 Å². The molecule has 0 unspecified atom stereocenters. The number of benzene rings is 2. The van der Waals surface area contributed by atoms with E-state index < -0.39 is 10.9 Å². The Bertz CT molecular complexity index is 906. The molecule has 2 aromatic carbocycles. The van der Waals surface area contributed by atoms with Crippen molar-refractivity contribution in [3.63, 3.8) is 0 Å². The van der Waals surface area contributed by atoms with Crippen LogP contribution in [-0.2, 0) is 0 Å². The van der Waals surface area contributed by atoms with E-state index in [0.717, 1.165) is 12.0 Å². The van der Waals surface area contributed by atoms with Crippen LogP contribution < -0.4 is 10.4 Å². The summed E-state index contributed by atoms with van der Waals surface area (Å²) in [6, 6.07) is 11.4. The number of para-hydroxylation sites is 2. The fourth-order valence-corrected chi connectivity index (χ4v) is 4.02. The van der Waals surface area contributed by atoms with Gasteiger partial charge in [-0.3, -0.25) is 10.1 Å². The monoisotopic (exact) mass is 335 g/mol. The Kier molecular flexibility index (Phi) is 3.53. The van der Waals surface area contributed by atoms with Gasteiger partial charge in [-0.25, -0.2) is 0 Å². The zero-order valence-corrected chi connectivity index (χ0v) is 13.2. The number of nitro benzene ring substituents is 1. The Hall–Kier alpha value is -3.15. The van der Waals surface area contributed by atoms with E-state index in [2.05, 4.69) is 17.5 Å². The number of carbonyl (C=O) groups is 1. The van der Waals surface area contributed by atoms with E-state index in [-0.39, 0.29) is 29.1 Å². The van der Waals surface area contributed by atoms with Crippen molar-refractivity contribution in [2.75, 3.05) is 5.32 Å². The van der Waals surface area contributed by atoms with E-state index in [4.69, 9.17) is 0 Å². The van der Waals surface area contributed by atoms with Crippen molar-refractivity contribution in [3.05, 3.63) is 81.4 Å². The van der Waals surface area contributed by atoms with Crippen molar-refractivity contribution >= 4 is 17.3 Å². The van der Waals surface area contributed by atoms with Crippen molar-refractivity contribution in [2.24, 2.45) is 5.92 Å². The molecule has 1 N–H and O–H groups in total. The molecule has 126 valence electrons. The number of carboxylic acids is 1. The number of aromatic carboxylic acids is 1. The molecule has 1 aliphatic carbocycles. The first-order valence-electron chi connectivity index (χ1n) is 8.08. The van der Waals surface area contributed by atoms with Gasteiger partial charge in [0, 0.05) is 23.2 Å². The fourth-order valence-electron chi connectivity index (χ4n) is 4.02. The zero-order chi connectivity index (χ0) is 17.6. The lowest BCUT2D eigenvalue weighted by molar-refractivity contribution is -0.385. The van der Waals surface area contributed by atoms with E-state index in [0.29, 0.717) is 11.3 Å². The molecule has 0 spiro atoms. The van der Waals surface area contributed by atoms with E-state index in [1.807, 2.05) is 6.07 Å². The Balaban J connectivity index is 1.88. The molecule has 0 bridgehead atoms. The standard InChI is InChI=1S/C19H16N2O4/c22-19(23)15-9-4-8-13-11-6-3-7-12(11)17(20-18(13)15)14-5-1-2-10-16(14)21(24)25/h1-6,8-12,17,20H,7H2,(H,22,23)/p-1/t11-,12+,17+/m1/s1. The van der Waals surface area contributed by atoms with E-state index in [9.17, 15) is 20.0 Å². The number of allylic oxidation sites excluding steroid dienone is 2. The summed E-state index contributed by atoms with van der Waals surface area (Å²) in [6.45, 7) is 0. The molecule has 2 aliphatic rings. The smallest absolute Gasteiger partial charge is 0.274 e. The molecular formula is C19H15N2O4-. The van der Waals surface area contributed by atoms with Crippen LogP contribution in [0.15, 0.2) is 54.6 Å². The van der Waals surface area contributed by atoms with Crippen LogP contribution in [0.3, 0.4) is 0 Å². The topological polar surface area (TPSA) is 95.3 Å². The first-order chi connectivity index (χ1) is 12.1. The maximum Gasteiger partial charge on any atom is 0.274 e. The van der Waals surface area contributed by atoms with E-state index in [1.54, 1.807) is 24.3 Å². The van der Waals surface area contributed by atoms with Crippen molar-refractivity contribution in [1.82, 2.24) is 0 Å². The van der Waals surface area contributed by atoms with Crippen molar-refractivity contribution in [1.29, 1.82) is 0 Å². The number of anilines is 1. The molecule has 0 fully saturated rings. The molecule has 25 heavy (non-hydrogen) atoms. The summed E-state index contributed by atoms with van der Waals surface area (Å²) < 4.78 is 0. The van der Waals surface area contributed by atoms with Crippen LogP contribution in [0.25, 0.3) is 0 Å². The lowest BCUT2D eigenvalue weighted by Gasteiger charge is -2.38. The molecule has 6 heteroatoms. The summed E-state index contributed by atoms with van der Waals surface area (Å²) in [5, 5.41) is 26.2. The second kappa shape index (κ2) is 5.73. The van der Waals surface area contributed by atoms with Crippen LogP contribution in [0.1, 0.15) is 39.9 Å². The number of nitro groups is 1. The highest BCUT2D eigenvalue weighted by Crippen LogP contribution is 2.51. The van der Waals surface area contributed by atoms with Crippen LogP contribution in [0.2, 0.25) is 0 Å². The maximum absolute atomic E-state index is 11.5. The molecule has 1 aliphatic heterocycles. The van der Waals surface area contributed by atoms with Crippen molar-refractivity contribution < 1.29 is 14.8 Å². The van der Waals surface area contributed by atoms with Gasteiger partial charge < -0.3 is 15.2 Å². The van der Waals surface area contributed by atoms with Gasteiger partial charge in [0.25, 0.3) is 5.69 Å². The van der Waals surface area contributed by atoms with Gasteiger partial charge in [0.05, 0.1) is 22.5 Å². The molecule has 3 atom stereocenters. The molecule has 0 aromatic heterocycles. The quantitative estimate of drug-likeness (QED) is 0.529. The highest BCUT2D eigenvalue weighted by Gasteiger charge is 2.40. The molecule has 4 rings (SSSR count). The van der Waals surface area contributed by atoms with Gasteiger partial charge in [0.1, 0.15) is 0 Å². The number of hydrogen-bond donors (Lipinski definition) is 1. The number of nitrogens with zero attached hydrogens (tertiary/aromatic N) is 1.